The van der Waals surface area contributed by atoms with Crippen molar-refractivity contribution in [3.05, 3.63) is 29.8 Å². The molecule has 0 amide bonds. The van der Waals surface area contributed by atoms with Crippen LogP contribution in [0, 0.1) is 11.6 Å². The highest BCUT2D eigenvalue weighted by atomic mass is 19.1. The van der Waals surface area contributed by atoms with Crippen LogP contribution in [0.5, 0.6) is 5.75 Å². The molecule has 1 aromatic carbocycles. The molecule has 3 rings (SSSR count). The second-order valence-electron chi connectivity index (χ2n) is 4.34. The fraction of sp³-hybridized carbons (Fsp3) is 0.500. The number of rotatable bonds is 2. The molecule has 1 aromatic rings. The van der Waals surface area contributed by atoms with Crippen molar-refractivity contribution in [2.45, 2.75) is 37.6 Å². The molecule has 2 aliphatic rings. The zero-order valence-electron chi connectivity index (χ0n) is 8.71. The molecule has 2 nitrogen and oxygen atoms in total. The Labute approximate surface area is 92.2 Å². The van der Waals surface area contributed by atoms with Gasteiger partial charge >= 0.3 is 0 Å². The van der Waals surface area contributed by atoms with E-state index >= 15 is 0 Å². The van der Waals surface area contributed by atoms with Gasteiger partial charge in [-0.3, -0.25) is 0 Å². The van der Waals surface area contributed by atoms with Crippen LogP contribution in [0.15, 0.2) is 18.2 Å². The number of hydrogen-bond acceptors (Lipinski definition) is 2. The maximum atomic E-state index is 13.4. The largest absolute Gasteiger partial charge is 0.456 e. The molecule has 1 saturated carbocycles. The van der Waals surface area contributed by atoms with E-state index in [0.29, 0.717) is 0 Å². The number of benzene rings is 1. The molecule has 1 aliphatic heterocycles. The van der Waals surface area contributed by atoms with Crippen molar-refractivity contribution in [3.63, 3.8) is 0 Å². The van der Waals surface area contributed by atoms with E-state index in [1.54, 1.807) is 0 Å². The van der Waals surface area contributed by atoms with Crippen molar-refractivity contribution in [2.75, 3.05) is 0 Å². The van der Waals surface area contributed by atoms with E-state index in [1.807, 2.05) is 0 Å². The Morgan fingerprint density at radius 1 is 1.31 bits per heavy atom. The van der Waals surface area contributed by atoms with Crippen LogP contribution in [0.4, 0.5) is 8.78 Å². The summed E-state index contributed by atoms with van der Waals surface area (Å²) in [6, 6.07) is 3.33. The van der Waals surface area contributed by atoms with Crippen LogP contribution in [0.2, 0.25) is 0 Å². The average molecular weight is 226 g/mol. The molecule has 0 spiro atoms. The van der Waals surface area contributed by atoms with Crippen LogP contribution >= 0.6 is 0 Å². The van der Waals surface area contributed by atoms with Crippen LogP contribution in [0.3, 0.4) is 0 Å². The Balaban J connectivity index is 1.79. The van der Waals surface area contributed by atoms with Crippen LogP contribution in [0.1, 0.15) is 25.7 Å². The molecule has 86 valence electrons. The van der Waals surface area contributed by atoms with Gasteiger partial charge in [-0.15, -0.1) is 0 Å². The lowest BCUT2D eigenvalue weighted by Gasteiger charge is -2.19. The van der Waals surface area contributed by atoms with Crippen molar-refractivity contribution >= 4 is 0 Å². The highest BCUT2D eigenvalue weighted by Crippen LogP contribution is 2.48. The summed E-state index contributed by atoms with van der Waals surface area (Å²) in [5.74, 6) is -1.82. The number of fused-ring (bicyclic) bond motifs is 1. The zero-order chi connectivity index (χ0) is 11.2. The van der Waals surface area contributed by atoms with Gasteiger partial charge in [0.15, 0.2) is 11.6 Å². The minimum Gasteiger partial charge on any atom is -0.456 e. The maximum absolute atomic E-state index is 13.4. The van der Waals surface area contributed by atoms with Gasteiger partial charge in [0.1, 0.15) is 11.9 Å². The Kier molecular flexibility index (Phi) is 2.14. The van der Waals surface area contributed by atoms with E-state index < -0.39 is 17.4 Å². The van der Waals surface area contributed by atoms with Crippen molar-refractivity contribution in [1.29, 1.82) is 0 Å². The number of hydrogen-bond donors (Lipinski definition) is 0. The summed E-state index contributed by atoms with van der Waals surface area (Å²) in [5, 5.41) is 0. The van der Waals surface area contributed by atoms with E-state index in [0.717, 1.165) is 31.7 Å². The first-order chi connectivity index (χ1) is 7.70. The molecule has 4 heteroatoms. The number of epoxide rings is 1. The van der Waals surface area contributed by atoms with Gasteiger partial charge in [-0.1, -0.05) is 6.42 Å². The third-order valence-electron chi connectivity index (χ3n) is 3.19. The minimum atomic E-state index is -0.672. The Morgan fingerprint density at radius 3 is 2.94 bits per heavy atom. The number of halogens is 2. The molecule has 0 aromatic heterocycles. The van der Waals surface area contributed by atoms with Crippen molar-refractivity contribution in [2.24, 2.45) is 0 Å². The van der Waals surface area contributed by atoms with Crippen molar-refractivity contribution in [1.82, 2.24) is 0 Å². The van der Waals surface area contributed by atoms with Gasteiger partial charge in [-0.05, 0) is 25.0 Å². The quantitative estimate of drug-likeness (QED) is 0.723. The summed E-state index contributed by atoms with van der Waals surface area (Å²) in [4.78, 5) is 0. The summed E-state index contributed by atoms with van der Waals surface area (Å²) in [5.41, 5.74) is 0. The Hall–Kier alpha value is -1.16. The van der Waals surface area contributed by atoms with E-state index in [2.05, 4.69) is 0 Å². The topological polar surface area (TPSA) is 21.8 Å². The first kappa shape index (κ1) is 10.0. The average Bonchev–Trinajstić information content (AvgIpc) is 2.96. The third-order valence-corrected chi connectivity index (χ3v) is 3.19. The molecule has 2 atom stereocenters. The van der Waals surface area contributed by atoms with Gasteiger partial charge in [0, 0.05) is 12.5 Å². The van der Waals surface area contributed by atoms with Crippen molar-refractivity contribution < 1.29 is 18.3 Å². The molecular weight excluding hydrogens is 214 g/mol. The number of ether oxygens (including phenoxy) is 2. The normalized spacial score (nSPS) is 32.0. The molecule has 2 unspecified atom stereocenters. The third kappa shape index (κ3) is 1.57. The van der Waals surface area contributed by atoms with Gasteiger partial charge in [-0.25, -0.2) is 8.78 Å². The Bertz CT molecular complexity index is 421. The predicted molar refractivity (Wildman–Crippen MR) is 53.1 cm³/mol. The van der Waals surface area contributed by atoms with E-state index in [-0.39, 0.29) is 11.9 Å². The van der Waals surface area contributed by atoms with Crippen LogP contribution in [0.25, 0.3) is 0 Å². The van der Waals surface area contributed by atoms with E-state index in [4.69, 9.17) is 9.47 Å². The fourth-order valence-corrected chi connectivity index (χ4v) is 2.29. The van der Waals surface area contributed by atoms with Gasteiger partial charge in [0.2, 0.25) is 5.79 Å². The molecule has 16 heavy (non-hydrogen) atoms. The lowest BCUT2D eigenvalue weighted by Crippen LogP contribution is -2.26. The van der Waals surface area contributed by atoms with Crippen LogP contribution < -0.4 is 4.74 Å². The minimum absolute atomic E-state index is 0.0748. The van der Waals surface area contributed by atoms with Gasteiger partial charge in [-0.2, -0.15) is 0 Å². The monoisotopic (exact) mass is 226 g/mol. The highest BCUT2D eigenvalue weighted by Gasteiger charge is 2.60. The fourth-order valence-electron chi connectivity index (χ4n) is 2.29. The molecule has 1 aliphatic carbocycles. The molecule has 1 heterocycles. The van der Waals surface area contributed by atoms with E-state index in [1.165, 1.54) is 12.1 Å². The van der Waals surface area contributed by atoms with E-state index in [9.17, 15) is 8.78 Å². The van der Waals surface area contributed by atoms with Crippen LogP contribution in [-0.4, -0.2) is 11.9 Å². The maximum Gasteiger partial charge on any atom is 0.237 e. The molecule has 1 saturated heterocycles. The van der Waals surface area contributed by atoms with Crippen LogP contribution in [-0.2, 0) is 4.74 Å². The Morgan fingerprint density at radius 2 is 2.19 bits per heavy atom. The van der Waals surface area contributed by atoms with Gasteiger partial charge in [0.25, 0.3) is 0 Å². The summed E-state index contributed by atoms with van der Waals surface area (Å²) < 4.78 is 37.1. The lowest BCUT2D eigenvalue weighted by molar-refractivity contribution is 0.0463. The lowest BCUT2D eigenvalue weighted by atomic mass is 9.98. The van der Waals surface area contributed by atoms with Gasteiger partial charge < -0.3 is 9.47 Å². The van der Waals surface area contributed by atoms with Crippen molar-refractivity contribution in [3.8, 4) is 5.75 Å². The first-order valence-electron chi connectivity index (χ1n) is 5.51. The summed E-state index contributed by atoms with van der Waals surface area (Å²) >= 11 is 0. The molecule has 0 N–H and O–H groups in total. The summed E-state index contributed by atoms with van der Waals surface area (Å²) in [6.45, 7) is 0. The summed E-state index contributed by atoms with van der Waals surface area (Å²) in [7, 11) is 0. The predicted octanol–water partition coefficient (Wildman–Crippen LogP) is 3.01. The zero-order valence-corrected chi connectivity index (χ0v) is 8.71. The highest BCUT2D eigenvalue weighted by molar-refractivity contribution is 5.26. The molecule has 2 fully saturated rings. The standard InChI is InChI=1S/C12H12F2O2/c13-8-4-5-10(9(14)7-8)15-12-6-2-1-3-11(12)16-12/h4-5,7,11H,1-3,6H2. The summed E-state index contributed by atoms with van der Waals surface area (Å²) in [6.07, 6.45) is 3.99. The second-order valence-corrected chi connectivity index (χ2v) is 4.34. The molecule has 0 bridgehead atoms. The smallest absolute Gasteiger partial charge is 0.237 e. The first-order valence-corrected chi connectivity index (χ1v) is 5.51. The van der Waals surface area contributed by atoms with Gasteiger partial charge in [0.05, 0.1) is 0 Å². The molecule has 0 radical (unpaired) electrons. The molecular formula is C12H12F2O2. The SMILES string of the molecule is Fc1ccc(OC23CCCCC2O3)c(F)c1. The second kappa shape index (κ2) is 3.42.